The first-order valence-corrected chi connectivity index (χ1v) is 8.20. The molecule has 1 aromatic heterocycles. The molecule has 0 aliphatic carbocycles. The van der Waals surface area contributed by atoms with Gasteiger partial charge in [-0.1, -0.05) is 17.7 Å². The van der Waals surface area contributed by atoms with Crippen molar-refractivity contribution in [3.05, 3.63) is 85.0 Å². The summed E-state index contributed by atoms with van der Waals surface area (Å²) in [4.78, 5) is 30.7. The molecule has 0 aliphatic rings. The topological polar surface area (TPSA) is 87.4 Å². The van der Waals surface area contributed by atoms with Crippen molar-refractivity contribution in [2.45, 2.75) is 13.8 Å². The van der Waals surface area contributed by atoms with Gasteiger partial charge in [0.2, 0.25) is 5.88 Å². The number of hydrogen-bond donors (Lipinski definition) is 2. The van der Waals surface area contributed by atoms with E-state index in [9.17, 15) is 14.7 Å². The van der Waals surface area contributed by atoms with E-state index in [0.29, 0.717) is 16.4 Å². The van der Waals surface area contributed by atoms with Crippen LogP contribution in [0.15, 0.2) is 57.0 Å². The van der Waals surface area contributed by atoms with Gasteiger partial charge >= 0.3 is 5.69 Å². The molecule has 0 spiro atoms. The lowest BCUT2D eigenvalue weighted by Crippen LogP contribution is -2.31. The Morgan fingerprint density at radius 3 is 2.42 bits per heavy atom. The number of rotatable bonds is 3. The van der Waals surface area contributed by atoms with Crippen molar-refractivity contribution >= 4 is 23.5 Å². The number of benzene rings is 2. The molecular formula is C19H16ClN3O3. The van der Waals surface area contributed by atoms with E-state index in [1.807, 2.05) is 19.9 Å². The van der Waals surface area contributed by atoms with Crippen LogP contribution < -0.4 is 11.2 Å². The van der Waals surface area contributed by atoms with E-state index in [1.54, 1.807) is 36.4 Å². The van der Waals surface area contributed by atoms with E-state index < -0.39 is 17.1 Å². The predicted molar refractivity (Wildman–Crippen MR) is 103 cm³/mol. The Kier molecular flexibility index (Phi) is 4.77. The minimum Gasteiger partial charge on any atom is -0.493 e. The van der Waals surface area contributed by atoms with Crippen molar-refractivity contribution in [2.24, 2.45) is 4.99 Å². The summed E-state index contributed by atoms with van der Waals surface area (Å²) in [7, 11) is 0. The molecule has 0 unspecified atom stereocenters. The molecule has 0 fully saturated rings. The van der Waals surface area contributed by atoms with Gasteiger partial charge in [0, 0.05) is 11.2 Å². The summed E-state index contributed by atoms with van der Waals surface area (Å²) in [6.07, 6.45) is 1.22. The van der Waals surface area contributed by atoms with Crippen LogP contribution in [0.4, 0.5) is 5.69 Å². The van der Waals surface area contributed by atoms with E-state index in [-0.39, 0.29) is 5.56 Å². The number of nitrogens with zero attached hydrogens (tertiary/aromatic N) is 2. The summed E-state index contributed by atoms with van der Waals surface area (Å²) < 4.78 is 1.04. The van der Waals surface area contributed by atoms with Crippen molar-refractivity contribution in [1.82, 2.24) is 9.55 Å². The van der Waals surface area contributed by atoms with E-state index >= 15 is 0 Å². The molecule has 6 nitrogen and oxygen atoms in total. The van der Waals surface area contributed by atoms with E-state index in [2.05, 4.69) is 9.98 Å². The number of H-pyrrole nitrogens is 1. The SMILES string of the molecule is Cc1ccc(-n2c(O)c(C=Nc3ccc(Cl)cc3)c(=O)[nH]c2=O)cc1C. The number of aromatic nitrogens is 2. The van der Waals surface area contributed by atoms with E-state index in [1.165, 1.54) is 6.21 Å². The first-order chi connectivity index (χ1) is 12.4. The fourth-order valence-electron chi connectivity index (χ4n) is 2.43. The fourth-order valence-corrected chi connectivity index (χ4v) is 2.55. The summed E-state index contributed by atoms with van der Waals surface area (Å²) >= 11 is 5.82. The van der Waals surface area contributed by atoms with Crippen LogP contribution in [-0.2, 0) is 0 Å². The molecule has 0 saturated carbocycles. The second-order valence-corrected chi connectivity index (χ2v) is 6.27. The maximum atomic E-state index is 12.2. The Hall–Kier alpha value is -3.12. The van der Waals surface area contributed by atoms with Crippen LogP contribution in [0.1, 0.15) is 16.7 Å². The minimum atomic E-state index is -0.723. The molecule has 0 aliphatic heterocycles. The third-order valence-corrected chi connectivity index (χ3v) is 4.29. The standard InChI is InChI=1S/C19H16ClN3O3/c1-11-3-8-15(9-12(11)2)23-18(25)16(17(24)22-19(23)26)10-21-14-6-4-13(20)5-7-14/h3-10,25H,1-2H3,(H,22,24,26). The Labute approximate surface area is 154 Å². The average molecular weight is 370 g/mol. The highest BCUT2D eigenvalue weighted by Crippen LogP contribution is 2.20. The zero-order chi connectivity index (χ0) is 18.8. The molecule has 3 aromatic rings. The first-order valence-electron chi connectivity index (χ1n) is 7.82. The van der Waals surface area contributed by atoms with Crippen LogP contribution in [0.5, 0.6) is 5.88 Å². The monoisotopic (exact) mass is 369 g/mol. The Bertz CT molecular complexity index is 1110. The third kappa shape index (κ3) is 3.45. The highest BCUT2D eigenvalue weighted by atomic mass is 35.5. The highest BCUT2D eigenvalue weighted by molar-refractivity contribution is 6.30. The van der Waals surface area contributed by atoms with Crippen LogP contribution in [0, 0.1) is 13.8 Å². The van der Waals surface area contributed by atoms with Gasteiger partial charge in [-0.05, 0) is 61.4 Å². The fraction of sp³-hybridized carbons (Fsp3) is 0.105. The van der Waals surface area contributed by atoms with Crippen molar-refractivity contribution in [2.75, 3.05) is 0 Å². The summed E-state index contributed by atoms with van der Waals surface area (Å²) in [5.41, 5.74) is 1.46. The molecule has 0 bridgehead atoms. The molecule has 132 valence electrons. The van der Waals surface area contributed by atoms with Crippen molar-refractivity contribution < 1.29 is 5.11 Å². The second kappa shape index (κ2) is 7.01. The lowest BCUT2D eigenvalue weighted by atomic mass is 10.1. The summed E-state index contributed by atoms with van der Waals surface area (Å²) in [5, 5.41) is 11.1. The van der Waals surface area contributed by atoms with Gasteiger partial charge in [-0.3, -0.25) is 14.8 Å². The van der Waals surface area contributed by atoms with Crippen molar-refractivity contribution in [3.63, 3.8) is 0 Å². The zero-order valence-electron chi connectivity index (χ0n) is 14.2. The summed E-state index contributed by atoms with van der Waals surface area (Å²) in [6, 6.07) is 12.0. The Morgan fingerprint density at radius 2 is 1.77 bits per heavy atom. The maximum Gasteiger partial charge on any atom is 0.335 e. The molecule has 2 N–H and O–H groups in total. The average Bonchev–Trinajstić information content (AvgIpc) is 2.59. The van der Waals surface area contributed by atoms with Gasteiger partial charge < -0.3 is 5.11 Å². The number of halogens is 1. The molecule has 7 heteroatoms. The van der Waals surface area contributed by atoms with Crippen molar-refractivity contribution in [1.29, 1.82) is 0 Å². The number of aliphatic imine (C=N–C) groups is 1. The van der Waals surface area contributed by atoms with Crippen LogP contribution in [-0.4, -0.2) is 20.9 Å². The smallest absolute Gasteiger partial charge is 0.335 e. The lowest BCUT2D eigenvalue weighted by Gasteiger charge is -2.11. The van der Waals surface area contributed by atoms with Crippen molar-refractivity contribution in [3.8, 4) is 11.6 Å². The molecule has 0 amide bonds. The number of aromatic amines is 1. The Balaban J connectivity index is 2.12. The van der Waals surface area contributed by atoms with Gasteiger partial charge in [0.15, 0.2) is 0 Å². The number of aryl methyl sites for hydroxylation is 2. The molecule has 26 heavy (non-hydrogen) atoms. The van der Waals surface area contributed by atoms with Crippen LogP contribution in [0.25, 0.3) is 5.69 Å². The zero-order valence-corrected chi connectivity index (χ0v) is 14.9. The largest absolute Gasteiger partial charge is 0.493 e. The molecule has 3 rings (SSSR count). The quantitative estimate of drug-likeness (QED) is 0.694. The lowest BCUT2D eigenvalue weighted by molar-refractivity contribution is 0.430. The molecule has 2 aromatic carbocycles. The van der Waals surface area contributed by atoms with Crippen LogP contribution >= 0.6 is 11.6 Å². The summed E-state index contributed by atoms with van der Waals surface area (Å²) in [6.45, 7) is 3.84. The number of hydrogen-bond acceptors (Lipinski definition) is 4. The van der Waals surface area contributed by atoms with Gasteiger partial charge in [-0.2, -0.15) is 0 Å². The normalized spacial score (nSPS) is 11.2. The molecule has 0 atom stereocenters. The number of aromatic hydroxyl groups is 1. The minimum absolute atomic E-state index is 0.113. The summed E-state index contributed by atoms with van der Waals surface area (Å²) in [5.74, 6) is -0.472. The van der Waals surface area contributed by atoms with E-state index in [0.717, 1.165) is 15.7 Å². The van der Waals surface area contributed by atoms with Gasteiger partial charge in [0.05, 0.1) is 11.4 Å². The third-order valence-electron chi connectivity index (χ3n) is 4.04. The van der Waals surface area contributed by atoms with Gasteiger partial charge in [-0.15, -0.1) is 0 Å². The second-order valence-electron chi connectivity index (χ2n) is 5.84. The van der Waals surface area contributed by atoms with Crippen LogP contribution in [0.2, 0.25) is 5.02 Å². The Morgan fingerprint density at radius 1 is 1.08 bits per heavy atom. The molecule has 0 radical (unpaired) electrons. The molecular weight excluding hydrogens is 354 g/mol. The highest BCUT2D eigenvalue weighted by Gasteiger charge is 2.14. The van der Waals surface area contributed by atoms with Gasteiger partial charge in [-0.25, -0.2) is 9.36 Å². The maximum absolute atomic E-state index is 12.2. The van der Waals surface area contributed by atoms with Crippen LogP contribution in [0.3, 0.4) is 0 Å². The van der Waals surface area contributed by atoms with Gasteiger partial charge in [0.1, 0.15) is 5.56 Å². The predicted octanol–water partition coefficient (Wildman–Crippen LogP) is 3.25. The molecule has 1 heterocycles. The van der Waals surface area contributed by atoms with Gasteiger partial charge in [0.25, 0.3) is 5.56 Å². The number of nitrogens with one attached hydrogen (secondary N) is 1. The first kappa shape index (κ1) is 17.7. The molecule has 0 saturated heterocycles. The van der Waals surface area contributed by atoms with E-state index in [4.69, 9.17) is 11.6 Å².